The molecule has 0 bridgehead atoms. The van der Waals surface area contributed by atoms with Crippen molar-refractivity contribution in [1.82, 2.24) is 9.55 Å². The molecule has 3 aromatic rings. The molecule has 0 radical (unpaired) electrons. The molecule has 0 unspecified atom stereocenters. The van der Waals surface area contributed by atoms with E-state index in [1.165, 1.54) is 27.8 Å². The van der Waals surface area contributed by atoms with E-state index >= 15 is 0 Å². The molecule has 1 N–H and O–H groups in total. The Morgan fingerprint density at radius 2 is 1.65 bits per heavy atom. The normalized spacial score (nSPS) is 12.8. The van der Waals surface area contributed by atoms with Gasteiger partial charge in [-0.1, -0.05) is 18.2 Å². The Labute approximate surface area is 137 Å². The SMILES string of the molecule is Cc1cc(C)c(C)c(Cn2c([C@H](C)O)nc3ccccc32)c1C. The van der Waals surface area contributed by atoms with Gasteiger partial charge in [0.05, 0.1) is 11.0 Å². The first-order chi connectivity index (χ1) is 10.9. The standard InChI is InChI=1S/C20H24N2O/c1-12-10-13(2)15(4)17(14(12)3)11-22-19-9-7-6-8-18(19)21-20(22)16(5)23/h6-10,16,23H,11H2,1-5H3/t16-/m0/s1. The van der Waals surface area contributed by atoms with Crippen molar-refractivity contribution in [3.63, 3.8) is 0 Å². The second-order valence-electron chi connectivity index (χ2n) is 6.46. The quantitative estimate of drug-likeness (QED) is 0.780. The second kappa shape index (κ2) is 5.82. The third kappa shape index (κ3) is 2.66. The highest BCUT2D eigenvalue weighted by Gasteiger charge is 2.17. The van der Waals surface area contributed by atoms with E-state index in [9.17, 15) is 5.11 Å². The maximum atomic E-state index is 10.1. The topological polar surface area (TPSA) is 38.0 Å². The molecular formula is C20H24N2O. The molecule has 0 fully saturated rings. The molecule has 3 nitrogen and oxygen atoms in total. The molecule has 3 rings (SSSR count). The first-order valence-corrected chi connectivity index (χ1v) is 8.09. The summed E-state index contributed by atoms with van der Waals surface area (Å²) < 4.78 is 2.15. The van der Waals surface area contributed by atoms with Gasteiger partial charge in [-0.2, -0.15) is 0 Å². The monoisotopic (exact) mass is 308 g/mol. The number of nitrogens with zero attached hydrogens (tertiary/aromatic N) is 2. The van der Waals surface area contributed by atoms with Crippen LogP contribution in [-0.4, -0.2) is 14.7 Å². The van der Waals surface area contributed by atoms with E-state index in [-0.39, 0.29) is 0 Å². The molecule has 2 aromatic carbocycles. The molecule has 0 saturated heterocycles. The molecule has 3 heteroatoms. The third-order valence-electron chi connectivity index (χ3n) is 4.90. The average Bonchev–Trinajstić information content (AvgIpc) is 2.88. The fourth-order valence-electron chi connectivity index (χ4n) is 3.27. The Hall–Kier alpha value is -2.13. The number of para-hydroxylation sites is 2. The Kier molecular flexibility index (Phi) is 3.99. The fourth-order valence-corrected chi connectivity index (χ4v) is 3.27. The van der Waals surface area contributed by atoms with Crippen molar-refractivity contribution in [3.05, 3.63) is 64.0 Å². The van der Waals surface area contributed by atoms with E-state index in [4.69, 9.17) is 0 Å². The molecule has 0 amide bonds. The zero-order valence-corrected chi connectivity index (χ0v) is 14.5. The molecule has 120 valence electrons. The van der Waals surface area contributed by atoms with E-state index in [2.05, 4.69) is 49.4 Å². The summed E-state index contributed by atoms with van der Waals surface area (Å²) in [5.41, 5.74) is 8.60. The number of aromatic nitrogens is 2. The number of hydrogen-bond acceptors (Lipinski definition) is 2. The first-order valence-electron chi connectivity index (χ1n) is 8.09. The molecule has 1 atom stereocenters. The molecule has 0 aliphatic rings. The fraction of sp³-hybridized carbons (Fsp3) is 0.350. The average molecular weight is 308 g/mol. The van der Waals surface area contributed by atoms with Gasteiger partial charge in [-0.15, -0.1) is 0 Å². The van der Waals surface area contributed by atoms with Crippen LogP contribution in [0.5, 0.6) is 0 Å². The van der Waals surface area contributed by atoms with Crippen LogP contribution < -0.4 is 0 Å². The van der Waals surface area contributed by atoms with Gasteiger partial charge in [-0.05, 0) is 74.6 Å². The lowest BCUT2D eigenvalue weighted by molar-refractivity contribution is 0.185. The summed E-state index contributed by atoms with van der Waals surface area (Å²) in [5.74, 6) is 0.726. The maximum absolute atomic E-state index is 10.1. The van der Waals surface area contributed by atoms with Crippen LogP contribution in [0.2, 0.25) is 0 Å². The minimum Gasteiger partial charge on any atom is -0.385 e. The van der Waals surface area contributed by atoms with Crippen molar-refractivity contribution in [1.29, 1.82) is 0 Å². The number of rotatable bonds is 3. The highest BCUT2D eigenvalue weighted by Crippen LogP contribution is 2.27. The minimum atomic E-state index is -0.589. The van der Waals surface area contributed by atoms with Gasteiger partial charge < -0.3 is 9.67 Å². The Bertz CT molecular complexity index is 849. The lowest BCUT2D eigenvalue weighted by atomic mass is 9.94. The number of aliphatic hydroxyl groups is 1. The number of aryl methyl sites for hydroxylation is 2. The van der Waals surface area contributed by atoms with Crippen LogP contribution in [0, 0.1) is 27.7 Å². The molecular weight excluding hydrogens is 284 g/mol. The Morgan fingerprint density at radius 1 is 1.04 bits per heavy atom. The lowest BCUT2D eigenvalue weighted by Crippen LogP contribution is -2.11. The maximum Gasteiger partial charge on any atom is 0.138 e. The van der Waals surface area contributed by atoms with Gasteiger partial charge in [-0.25, -0.2) is 4.98 Å². The van der Waals surface area contributed by atoms with Gasteiger partial charge in [0.25, 0.3) is 0 Å². The van der Waals surface area contributed by atoms with E-state index in [0.717, 1.165) is 23.4 Å². The van der Waals surface area contributed by atoms with Gasteiger partial charge >= 0.3 is 0 Å². The van der Waals surface area contributed by atoms with Crippen LogP contribution in [0.25, 0.3) is 11.0 Å². The van der Waals surface area contributed by atoms with Gasteiger partial charge in [0, 0.05) is 6.54 Å². The zero-order chi connectivity index (χ0) is 16.7. The smallest absolute Gasteiger partial charge is 0.138 e. The van der Waals surface area contributed by atoms with Crippen molar-refractivity contribution in [3.8, 4) is 0 Å². The van der Waals surface area contributed by atoms with Crippen LogP contribution >= 0.6 is 0 Å². The summed E-state index contributed by atoms with van der Waals surface area (Å²) in [6.07, 6.45) is -0.589. The molecule has 1 aromatic heterocycles. The predicted octanol–water partition coefficient (Wildman–Crippen LogP) is 4.37. The third-order valence-corrected chi connectivity index (χ3v) is 4.90. The number of aliphatic hydroxyl groups excluding tert-OH is 1. The van der Waals surface area contributed by atoms with Crippen molar-refractivity contribution >= 4 is 11.0 Å². The summed E-state index contributed by atoms with van der Waals surface area (Å²) in [7, 11) is 0. The molecule has 0 aliphatic carbocycles. The highest BCUT2D eigenvalue weighted by atomic mass is 16.3. The number of hydrogen-bond donors (Lipinski definition) is 1. The number of fused-ring (bicyclic) bond motifs is 1. The van der Waals surface area contributed by atoms with Crippen LogP contribution in [-0.2, 0) is 6.54 Å². The van der Waals surface area contributed by atoms with E-state index in [1.54, 1.807) is 6.92 Å². The molecule has 1 heterocycles. The van der Waals surface area contributed by atoms with Crippen molar-refractivity contribution in [2.75, 3.05) is 0 Å². The first kappa shape index (κ1) is 15.8. The zero-order valence-electron chi connectivity index (χ0n) is 14.5. The van der Waals surface area contributed by atoms with Crippen molar-refractivity contribution in [2.45, 2.75) is 47.3 Å². The highest BCUT2D eigenvalue weighted by molar-refractivity contribution is 5.76. The minimum absolute atomic E-state index is 0.589. The van der Waals surface area contributed by atoms with Crippen molar-refractivity contribution in [2.24, 2.45) is 0 Å². The summed E-state index contributed by atoms with van der Waals surface area (Å²) in [6.45, 7) is 11.2. The molecule has 0 spiro atoms. The van der Waals surface area contributed by atoms with Crippen molar-refractivity contribution < 1.29 is 5.11 Å². The summed E-state index contributed by atoms with van der Waals surface area (Å²) in [4.78, 5) is 4.63. The second-order valence-corrected chi connectivity index (χ2v) is 6.46. The van der Waals surface area contributed by atoms with Gasteiger partial charge in [0.15, 0.2) is 0 Å². The van der Waals surface area contributed by atoms with Crippen LogP contribution in [0.4, 0.5) is 0 Å². The lowest BCUT2D eigenvalue weighted by Gasteiger charge is -2.18. The predicted molar refractivity (Wildman–Crippen MR) is 94.9 cm³/mol. The summed E-state index contributed by atoms with van der Waals surface area (Å²) in [5, 5.41) is 10.1. The van der Waals surface area contributed by atoms with Gasteiger partial charge in [-0.3, -0.25) is 0 Å². The van der Waals surface area contributed by atoms with E-state index in [1.807, 2.05) is 18.2 Å². The van der Waals surface area contributed by atoms with E-state index in [0.29, 0.717) is 0 Å². The molecule has 0 saturated carbocycles. The van der Waals surface area contributed by atoms with Gasteiger partial charge in [0.1, 0.15) is 11.9 Å². The van der Waals surface area contributed by atoms with Crippen LogP contribution in [0.1, 0.15) is 46.7 Å². The summed E-state index contributed by atoms with van der Waals surface area (Å²) in [6, 6.07) is 10.3. The van der Waals surface area contributed by atoms with E-state index < -0.39 is 6.10 Å². The van der Waals surface area contributed by atoms with Crippen LogP contribution in [0.15, 0.2) is 30.3 Å². The Balaban J connectivity index is 2.21. The molecule has 0 aliphatic heterocycles. The molecule has 23 heavy (non-hydrogen) atoms. The van der Waals surface area contributed by atoms with Gasteiger partial charge in [0.2, 0.25) is 0 Å². The van der Waals surface area contributed by atoms with Crippen LogP contribution in [0.3, 0.4) is 0 Å². The number of benzene rings is 2. The largest absolute Gasteiger partial charge is 0.385 e. The Morgan fingerprint density at radius 3 is 2.26 bits per heavy atom. The number of imidazole rings is 1. The summed E-state index contributed by atoms with van der Waals surface area (Å²) >= 11 is 0.